The molecule has 2 heterocycles. The standard InChI is InChI=1S/C17H13Cl2NO3/c18-13-6-5-11(9-14(13)19)17(21)20-10-12(15-3-1-7-22-15)16-4-2-8-23-16/h1-9,12H,10H2,(H,20,21). The SMILES string of the molecule is O=C(NCC(c1ccco1)c1ccco1)c1ccc(Cl)c(Cl)c1. The molecular formula is C17H13Cl2NO3. The molecule has 0 unspecified atom stereocenters. The molecule has 0 fully saturated rings. The third kappa shape index (κ3) is 3.60. The van der Waals surface area contributed by atoms with Crippen LogP contribution >= 0.6 is 23.2 Å². The lowest BCUT2D eigenvalue weighted by Crippen LogP contribution is -2.28. The summed E-state index contributed by atoms with van der Waals surface area (Å²) >= 11 is 11.8. The van der Waals surface area contributed by atoms with Crippen molar-refractivity contribution in [3.05, 3.63) is 82.1 Å². The van der Waals surface area contributed by atoms with E-state index in [-0.39, 0.29) is 11.8 Å². The summed E-state index contributed by atoms with van der Waals surface area (Å²) in [7, 11) is 0. The van der Waals surface area contributed by atoms with Crippen LogP contribution in [0, 0.1) is 0 Å². The lowest BCUT2D eigenvalue weighted by molar-refractivity contribution is 0.0951. The summed E-state index contributed by atoms with van der Waals surface area (Å²) in [6, 6.07) is 12.0. The summed E-state index contributed by atoms with van der Waals surface area (Å²) in [5.41, 5.74) is 0.442. The Hall–Kier alpha value is -2.17. The fraction of sp³-hybridized carbons (Fsp3) is 0.118. The summed E-state index contributed by atoms with van der Waals surface area (Å²) in [6.45, 7) is 0.333. The number of benzene rings is 1. The monoisotopic (exact) mass is 349 g/mol. The van der Waals surface area contributed by atoms with Crippen molar-refractivity contribution in [1.82, 2.24) is 5.32 Å². The highest BCUT2D eigenvalue weighted by atomic mass is 35.5. The Labute approximate surface area is 143 Å². The molecule has 6 heteroatoms. The minimum atomic E-state index is -0.244. The second-order valence-corrected chi connectivity index (χ2v) is 5.74. The molecule has 0 atom stereocenters. The fourth-order valence-corrected chi connectivity index (χ4v) is 2.55. The molecule has 3 aromatic rings. The number of carbonyl (C=O) groups is 1. The second-order valence-electron chi connectivity index (χ2n) is 4.92. The van der Waals surface area contributed by atoms with Crippen molar-refractivity contribution in [2.24, 2.45) is 0 Å². The molecule has 0 aliphatic carbocycles. The Kier molecular flexibility index (Phi) is 4.74. The lowest BCUT2D eigenvalue weighted by atomic mass is 10.0. The van der Waals surface area contributed by atoms with E-state index in [2.05, 4.69) is 5.32 Å². The van der Waals surface area contributed by atoms with Crippen LogP contribution in [0.25, 0.3) is 0 Å². The van der Waals surface area contributed by atoms with Gasteiger partial charge in [0.15, 0.2) is 0 Å². The first kappa shape index (κ1) is 15.7. The Morgan fingerprint density at radius 1 is 1.00 bits per heavy atom. The largest absolute Gasteiger partial charge is 0.469 e. The van der Waals surface area contributed by atoms with Crippen molar-refractivity contribution in [3.8, 4) is 0 Å². The molecule has 4 nitrogen and oxygen atoms in total. The molecule has 23 heavy (non-hydrogen) atoms. The first-order valence-corrected chi connectivity index (χ1v) is 7.71. The van der Waals surface area contributed by atoms with Crippen LogP contribution in [0.2, 0.25) is 10.0 Å². The summed E-state index contributed by atoms with van der Waals surface area (Å²) in [5, 5.41) is 3.61. The molecule has 0 saturated heterocycles. The third-order valence-corrected chi connectivity index (χ3v) is 4.16. The summed E-state index contributed by atoms with van der Waals surface area (Å²) in [4.78, 5) is 12.3. The van der Waals surface area contributed by atoms with Gasteiger partial charge in [-0.15, -0.1) is 0 Å². The molecule has 1 amide bonds. The van der Waals surface area contributed by atoms with Crippen molar-refractivity contribution in [2.45, 2.75) is 5.92 Å². The van der Waals surface area contributed by atoms with Gasteiger partial charge in [0.25, 0.3) is 5.91 Å². The van der Waals surface area contributed by atoms with Gasteiger partial charge in [-0.2, -0.15) is 0 Å². The highest BCUT2D eigenvalue weighted by Crippen LogP contribution is 2.25. The van der Waals surface area contributed by atoms with Gasteiger partial charge in [-0.05, 0) is 42.5 Å². The Bertz CT molecular complexity index is 748. The summed E-state index contributed by atoms with van der Waals surface area (Å²) < 4.78 is 10.9. The van der Waals surface area contributed by atoms with Gasteiger partial charge in [-0.25, -0.2) is 0 Å². The van der Waals surface area contributed by atoms with Gasteiger partial charge in [0.1, 0.15) is 11.5 Å². The van der Waals surface area contributed by atoms with Gasteiger partial charge < -0.3 is 14.2 Å². The third-order valence-electron chi connectivity index (χ3n) is 3.42. The Balaban J connectivity index is 1.74. The van der Waals surface area contributed by atoms with E-state index in [1.807, 2.05) is 12.1 Å². The van der Waals surface area contributed by atoms with Crippen LogP contribution < -0.4 is 5.32 Å². The van der Waals surface area contributed by atoms with Crippen LogP contribution in [0.1, 0.15) is 27.8 Å². The van der Waals surface area contributed by atoms with Crippen molar-refractivity contribution in [1.29, 1.82) is 0 Å². The van der Waals surface area contributed by atoms with E-state index in [4.69, 9.17) is 32.0 Å². The number of hydrogen-bond donors (Lipinski definition) is 1. The van der Waals surface area contributed by atoms with Gasteiger partial charge in [0.05, 0.1) is 28.5 Å². The first-order chi connectivity index (χ1) is 11.1. The normalized spacial score (nSPS) is 10.9. The van der Waals surface area contributed by atoms with Gasteiger partial charge in [0.2, 0.25) is 0 Å². The molecule has 0 saturated carbocycles. The van der Waals surface area contributed by atoms with Crippen molar-refractivity contribution in [3.63, 3.8) is 0 Å². The molecule has 0 aliphatic heterocycles. The van der Waals surface area contributed by atoms with E-state index in [9.17, 15) is 4.79 Å². The average Bonchev–Trinajstić information content (AvgIpc) is 3.24. The molecule has 1 aromatic carbocycles. The van der Waals surface area contributed by atoms with Crippen molar-refractivity contribution in [2.75, 3.05) is 6.54 Å². The maximum Gasteiger partial charge on any atom is 0.251 e. The maximum absolute atomic E-state index is 12.3. The minimum absolute atomic E-state index is 0.202. The van der Waals surface area contributed by atoms with E-state index in [1.54, 1.807) is 36.8 Å². The number of halogens is 2. The average molecular weight is 350 g/mol. The van der Waals surface area contributed by atoms with E-state index in [1.165, 1.54) is 6.07 Å². The molecule has 0 spiro atoms. The number of hydrogen-bond acceptors (Lipinski definition) is 3. The Morgan fingerprint density at radius 2 is 1.65 bits per heavy atom. The van der Waals surface area contributed by atoms with Gasteiger partial charge in [0, 0.05) is 12.1 Å². The highest BCUT2D eigenvalue weighted by molar-refractivity contribution is 6.42. The van der Waals surface area contributed by atoms with Crippen LogP contribution in [-0.2, 0) is 0 Å². The molecular weight excluding hydrogens is 337 g/mol. The Morgan fingerprint density at radius 3 is 2.17 bits per heavy atom. The molecule has 118 valence electrons. The lowest BCUT2D eigenvalue weighted by Gasteiger charge is -2.13. The topological polar surface area (TPSA) is 55.4 Å². The molecule has 0 aliphatic rings. The number of amides is 1. The van der Waals surface area contributed by atoms with Crippen LogP contribution in [0.3, 0.4) is 0 Å². The predicted molar refractivity (Wildman–Crippen MR) is 88.1 cm³/mol. The summed E-state index contributed by atoms with van der Waals surface area (Å²) in [6.07, 6.45) is 3.18. The highest BCUT2D eigenvalue weighted by Gasteiger charge is 2.21. The van der Waals surface area contributed by atoms with Crippen molar-refractivity contribution >= 4 is 29.1 Å². The second kappa shape index (κ2) is 6.94. The molecule has 0 radical (unpaired) electrons. The zero-order chi connectivity index (χ0) is 16.2. The number of nitrogens with one attached hydrogen (secondary N) is 1. The number of carbonyl (C=O) groups excluding carboxylic acids is 1. The van der Waals surface area contributed by atoms with E-state index < -0.39 is 0 Å². The number of rotatable bonds is 5. The van der Waals surface area contributed by atoms with E-state index in [0.717, 1.165) is 11.5 Å². The van der Waals surface area contributed by atoms with Gasteiger partial charge >= 0.3 is 0 Å². The van der Waals surface area contributed by atoms with E-state index in [0.29, 0.717) is 22.2 Å². The molecule has 1 N–H and O–H groups in total. The van der Waals surface area contributed by atoms with Gasteiger partial charge in [-0.3, -0.25) is 4.79 Å². The smallest absolute Gasteiger partial charge is 0.251 e. The zero-order valence-electron chi connectivity index (χ0n) is 12.0. The predicted octanol–water partition coefficient (Wildman–Crippen LogP) is 4.74. The van der Waals surface area contributed by atoms with Crippen molar-refractivity contribution < 1.29 is 13.6 Å². The zero-order valence-corrected chi connectivity index (χ0v) is 13.5. The quantitative estimate of drug-likeness (QED) is 0.723. The fourth-order valence-electron chi connectivity index (χ4n) is 2.25. The van der Waals surface area contributed by atoms with Crippen LogP contribution in [-0.4, -0.2) is 12.5 Å². The minimum Gasteiger partial charge on any atom is -0.469 e. The van der Waals surface area contributed by atoms with Crippen LogP contribution in [0.5, 0.6) is 0 Å². The molecule has 0 bridgehead atoms. The number of furan rings is 2. The maximum atomic E-state index is 12.3. The molecule has 3 rings (SSSR count). The van der Waals surface area contributed by atoms with Crippen LogP contribution in [0.15, 0.2) is 63.8 Å². The van der Waals surface area contributed by atoms with E-state index >= 15 is 0 Å². The summed E-state index contributed by atoms with van der Waals surface area (Å²) in [5.74, 6) is 0.988. The van der Waals surface area contributed by atoms with Gasteiger partial charge in [-0.1, -0.05) is 23.2 Å². The first-order valence-electron chi connectivity index (χ1n) is 6.95. The van der Waals surface area contributed by atoms with Crippen LogP contribution in [0.4, 0.5) is 0 Å². The molecule has 2 aromatic heterocycles.